The number of halogens is 5. The van der Waals surface area contributed by atoms with Crippen molar-refractivity contribution in [1.29, 1.82) is 0 Å². The minimum atomic E-state index is -4.56. The van der Waals surface area contributed by atoms with E-state index in [4.69, 9.17) is 0 Å². The molecule has 0 spiro atoms. The Balaban J connectivity index is 2.06. The molecule has 0 aliphatic carbocycles. The maximum Gasteiger partial charge on any atom is 0.435 e. The zero-order valence-electron chi connectivity index (χ0n) is 14.6. The summed E-state index contributed by atoms with van der Waals surface area (Å²) in [5.41, 5.74) is -1.32. The van der Waals surface area contributed by atoms with Crippen LogP contribution in [0.15, 0.2) is 17.2 Å². The summed E-state index contributed by atoms with van der Waals surface area (Å²) in [4.78, 5) is -0.339. The van der Waals surface area contributed by atoms with Gasteiger partial charge in [-0.05, 0) is 25.8 Å². The summed E-state index contributed by atoms with van der Waals surface area (Å²) >= 11 is 0. The highest BCUT2D eigenvalue weighted by Crippen LogP contribution is 2.27. The lowest BCUT2D eigenvalue weighted by atomic mass is 10.2. The molecule has 2 heterocycles. The van der Waals surface area contributed by atoms with Crippen LogP contribution in [0, 0.1) is 19.8 Å². The zero-order chi connectivity index (χ0) is 20.6. The highest BCUT2D eigenvalue weighted by atomic mass is 32.2. The van der Waals surface area contributed by atoms with Crippen LogP contribution < -0.4 is 4.72 Å². The van der Waals surface area contributed by atoms with Gasteiger partial charge in [0.05, 0.1) is 11.4 Å². The summed E-state index contributed by atoms with van der Waals surface area (Å²) in [5, 5.41) is 6.92. The van der Waals surface area contributed by atoms with Gasteiger partial charge >= 0.3 is 12.7 Å². The monoisotopic (exact) mass is 415 g/mol. The molecule has 1 atom stereocenters. The van der Waals surface area contributed by atoms with Gasteiger partial charge in [-0.1, -0.05) is 6.92 Å². The first kappa shape index (κ1) is 21.3. The van der Waals surface area contributed by atoms with Crippen molar-refractivity contribution in [1.82, 2.24) is 24.3 Å². The van der Waals surface area contributed by atoms with Crippen molar-refractivity contribution in [3.8, 4) is 0 Å². The van der Waals surface area contributed by atoms with Crippen LogP contribution in [0.4, 0.5) is 22.0 Å². The van der Waals surface area contributed by atoms with Gasteiger partial charge in [-0.15, -0.1) is 0 Å². The summed E-state index contributed by atoms with van der Waals surface area (Å²) in [7, 11) is -4.12. The zero-order valence-corrected chi connectivity index (χ0v) is 15.4. The van der Waals surface area contributed by atoms with Crippen LogP contribution >= 0.6 is 0 Å². The van der Waals surface area contributed by atoms with Gasteiger partial charge in [-0.3, -0.25) is 4.68 Å². The van der Waals surface area contributed by atoms with Crippen molar-refractivity contribution in [2.24, 2.45) is 5.92 Å². The third-order valence-corrected chi connectivity index (χ3v) is 5.44. The smallest absolute Gasteiger partial charge is 0.272 e. The molecule has 7 nitrogen and oxygen atoms in total. The number of hydrogen-bond acceptors (Lipinski definition) is 4. The number of nitrogens with one attached hydrogen (secondary N) is 1. The molecule has 2 rings (SSSR count). The van der Waals surface area contributed by atoms with E-state index in [1.165, 1.54) is 13.8 Å². The molecule has 0 bridgehead atoms. The third kappa shape index (κ3) is 4.83. The first-order chi connectivity index (χ1) is 12.3. The number of alkyl halides is 5. The molecule has 0 saturated heterocycles. The van der Waals surface area contributed by atoms with E-state index in [0.717, 1.165) is 16.9 Å². The van der Waals surface area contributed by atoms with Crippen LogP contribution in [0.25, 0.3) is 0 Å². The SMILES string of the molecule is Cc1nn(C(F)F)c(C)c1S(=O)(=O)NCC(C)Cn1ccc(C(F)(F)F)n1. The Labute approximate surface area is 152 Å². The van der Waals surface area contributed by atoms with Gasteiger partial charge in [-0.2, -0.15) is 32.1 Å². The summed E-state index contributed by atoms with van der Waals surface area (Å²) in [6.07, 6.45) is -3.41. The van der Waals surface area contributed by atoms with E-state index >= 15 is 0 Å². The largest absolute Gasteiger partial charge is 0.435 e. The van der Waals surface area contributed by atoms with Gasteiger partial charge in [0.25, 0.3) is 0 Å². The van der Waals surface area contributed by atoms with E-state index in [-0.39, 0.29) is 29.4 Å². The first-order valence-corrected chi connectivity index (χ1v) is 9.25. The molecule has 27 heavy (non-hydrogen) atoms. The Hall–Kier alpha value is -2.02. The van der Waals surface area contributed by atoms with Crippen LogP contribution in [0.2, 0.25) is 0 Å². The van der Waals surface area contributed by atoms with Crippen molar-refractivity contribution >= 4 is 10.0 Å². The Morgan fingerprint density at radius 3 is 2.33 bits per heavy atom. The first-order valence-electron chi connectivity index (χ1n) is 7.77. The Morgan fingerprint density at radius 1 is 1.22 bits per heavy atom. The molecule has 1 N–H and O–H groups in total. The molecule has 0 aliphatic heterocycles. The van der Waals surface area contributed by atoms with Gasteiger partial charge in [0, 0.05) is 19.3 Å². The summed E-state index contributed by atoms with van der Waals surface area (Å²) < 4.78 is 91.8. The molecule has 2 aromatic rings. The van der Waals surface area contributed by atoms with Gasteiger partial charge in [-0.25, -0.2) is 17.8 Å². The predicted octanol–water partition coefficient (Wildman–Crippen LogP) is 2.72. The molecular formula is C14H18F5N5O2S. The molecule has 0 aromatic carbocycles. The van der Waals surface area contributed by atoms with Crippen molar-refractivity contribution < 1.29 is 30.4 Å². The number of aryl methyl sites for hydroxylation is 1. The fourth-order valence-corrected chi connectivity index (χ4v) is 4.11. The molecule has 0 radical (unpaired) electrons. The highest BCUT2D eigenvalue weighted by molar-refractivity contribution is 7.89. The molecular weight excluding hydrogens is 397 g/mol. The fraction of sp³-hybridized carbons (Fsp3) is 0.571. The average molecular weight is 415 g/mol. The Morgan fingerprint density at radius 2 is 1.85 bits per heavy atom. The predicted molar refractivity (Wildman–Crippen MR) is 84.5 cm³/mol. The fourth-order valence-electron chi connectivity index (χ4n) is 2.55. The normalized spacial score (nSPS) is 14.1. The lowest BCUT2D eigenvalue weighted by Crippen LogP contribution is -2.31. The highest BCUT2D eigenvalue weighted by Gasteiger charge is 2.33. The maximum atomic E-state index is 12.8. The van der Waals surface area contributed by atoms with E-state index in [9.17, 15) is 30.4 Å². The van der Waals surface area contributed by atoms with Gasteiger partial charge in [0.2, 0.25) is 10.0 Å². The molecule has 1 unspecified atom stereocenters. The second kappa shape index (κ2) is 7.54. The number of aromatic nitrogens is 4. The molecule has 0 fully saturated rings. The van der Waals surface area contributed by atoms with Crippen LogP contribution in [-0.2, 0) is 22.7 Å². The van der Waals surface area contributed by atoms with Crippen molar-refractivity contribution in [3.63, 3.8) is 0 Å². The van der Waals surface area contributed by atoms with Crippen LogP contribution in [0.1, 0.15) is 30.6 Å². The van der Waals surface area contributed by atoms with E-state index in [1.54, 1.807) is 6.92 Å². The van der Waals surface area contributed by atoms with E-state index in [2.05, 4.69) is 14.9 Å². The Bertz CT molecular complexity index is 904. The summed E-state index contributed by atoms with van der Waals surface area (Å²) in [6.45, 7) is 1.06. The Kier molecular flexibility index (Phi) is 5.94. The average Bonchev–Trinajstić information content (AvgIpc) is 3.10. The van der Waals surface area contributed by atoms with Crippen molar-refractivity contribution in [2.45, 2.75) is 44.9 Å². The summed E-state index contributed by atoms with van der Waals surface area (Å²) in [6, 6.07) is 0.822. The van der Waals surface area contributed by atoms with E-state index < -0.39 is 34.4 Å². The lowest BCUT2D eigenvalue weighted by Gasteiger charge is -2.13. The van der Waals surface area contributed by atoms with Gasteiger partial charge in [0.1, 0.15) is 4.90 Å². The van der Waals surface area contributed by atoms with Crippen molar-refractivity contribution in [3.05, 3.63) is 29.3 Å². The van der Waals surface area contributed by atoms with Gasteiger partial charge < -0.3 is 0 Å². The van der Waals surface area contributed by atoms with Crippen LogP contribution in [-0.4, -0.2) is 34.5 Å². The molecule has 0 aliphatic rings. The second-order valence-electron chi connectivity index (χ2n) is 6.10. The number of rotatable bonds is 7. The summed E-state index contributed by atoms with van der Waals surface area (Å²) in [5.74, 6) is -0.411. The topological polar surface area (TPSA) is 81.8 Å². The lowest BCUT2D eigenvalue weighted by molar-refractivity contribution is -0.141. The van der Waals surface area contributed by atoms with E-state index in [0.29, 0.717) is 4.68 Å². The number of sulfonamides is 1. The van der Waals surface area contributed by atoms with Gasteiger partial charge in [0.15, 0.2) is 5.69 Å². The standard InChI is InChI=1S/C14H18F5N5O2S/c1-8(7-23-5-4-11(22-23)14(17,18)19)6-20-27(25,26)12-9(2)21-24(10(12)3)13(15)16/h4-5,8,13,20H,6-7H2,1-3H3. The van der Waals surface area contributed by atoms with Crippen molar-refractivity contribution in [2.75, 3.05) is 6.54 Å². The maximum absolute atomic E-state index is 12.8. The number of nitrogens with zero attached hydrogens (tertiary/aromatic N) is 4. The molecule has 0 saturated carbocycles. The third-order valence-electron chi connectivity index (χ3n) is 3.76. The quantitative estimate of drug-likeness (QED) is 0.705. The molecule has 152 valence electrons. The second-order valence-corrected chi connectivity index (χ2v) is 7.80. The molecule has 0 amide bonds. The van der Waals surface area contributed by atoms with E-state index in [1.807, 2.05) is 0 Å². The molecule has 13 heteroatoms. The minimum absolute atomic E-state index is 0.0346. The van der Waals surface area contributed by atoms with Crippen LogP contribution in [0.5, 0.6) is 0 Å². The number of hydrogen-bond donors (Lipinski definition) is 1. The molecule has 2 aromatic heterocycles. The van der Waals surface area contributed by atoms with Crippen LogP contribution in [0.3, 0.4) is 0 Å². The minimum Gasteiger partial charge on any atom is -0.272 e.